The minimum atomic E-state index is 0.321. The molecule has 0 aromatic rings. The van der Waals surface area contributed by atoms with Crippen molar-refractivity contribution in [1.29, 1.82) is 0 Å². The highest BCUT2D eigenvalue weighted by molar-refractivity contribution is 5.82. The average Bonchev–Trinajstić information content (AvgIpc) is 2.82. The quantitative estimate of drug-likeness (QED) is 0.596. The van der Waals surface area contributed by atoms with Crippen molar-refractivity contribution < 1.29 is 4.79 Å². The van der Waals surface area contributed by atoms with Crippen LogP contribution in [0.25, 0.3) is 0 Å². The maximum atomic E-state index is 12.2. The van der Waals surface area contributed by atoms with Gasteiger partial charge in [0.25, 0.3) is 0 Å². The van der Waals surface area contributed by atoms with Crippen LogP contribution in [0.4, 0.5) is 0 Å². The van der Waals surface area contributed by atoms with Gasteiger partial charge in [-0.1, -0.05) is 27.2 Å². The second kappa shape index (κ2) is 4.59. The first-order chi connectivity index (χ1) is 9.94. The van der Waals surface area contributed by atoms with E-state index in [0.717, 1.165) is 24.2 Å². The third-order valence-corrected chi connectivity index (χ3v) is 8.59. The highest BCUT2D eigenvalue weighted by Crippen LogP contribution is 2.66. The summed E-state index contributed by atoms with van der Waals surface area (Å²) in [6.45, 7) is 7.34. The van der Waals surface area contributed by atoms with Gasteiger partial charge in [0.05, 0.1) is 0 Å². The molecule has 4 rings (SSSR count). The number of hydrogen-bond donors (Lipinski definition) is 0. The van der Waals surface area contributed by atoms with Crippen molar-refractivity contribution in [2.24, 2.45) is 40.4 Å². The first-order valence-electron chi connectivity index (χ1n) is 9.47. The number of fused-ring (bicyclic) bond motifs is 5. The molecule has 4 saturated carbocycles. The van der Waals surface area contributed by atoms with Gasteiger partial charge in [-0.05, 0) is 79.4 Å². The normalized spacial score (nSPS) is 56.5. The van der Waals surface area contributed by atoms with Crippen molar-refractivity contribution in [2.45, 2.75) is 78.6 Å². The summed E-state index contributed by atoms with van der Waals surface area (Å²) in [4.78, 5) is 12.2. The number of rotatable bonds is 0. The van der Waals surface area contributed by atoms with Crippen LogP contribution >= 0.6 is 0 Å². The van der Waals surface area contributed by atoms with E-state index >= 15 is 0 Å². The van der Waals surface area contributed by atoms with Gasteiger partial charge in [-0.15, -0.1) is 0 Å². The Labute approximate surface area is 130 Å². The summed E-state index contributed by atoms with van der Waals surface area (Å²) in [5, 5.41) is 0. The molecule has 0 aromatic heterocycles. The fourth-order valence-corrected chi connectivity index (χ4v) is 7.40. The van der Waals surface area contributed by atoms with E-state index in [-0.39, 0.29) is 0 Å². The zero-order chi connectivity index (χ0) is 14.8. The van der Waals surface area contributed by atoms with Crippen LogP contribution < -0.4 is 0 Å². The Bertz CT molecular complexity index is 455. The smallest absolute Gasteiger partial charge is 0.136 e. The minimum absolute atomic E-state index is 0.321. The van der Waals surface area contributed by atoms with Gasteiger partial charge in [-0.2, -0.15) is 0 Å². The minimum Gasteiger partial charge on any atom is -0.299 e. The van der Waals surface area contributed by atoms with Gasteiger partial charge >= 0.3 is 0 Å². The molecule has 0 bridgehead atoms. The lowest BCUT2D eigenvalue weighted by Gasteiger charge is -2.60. The van der Waals surface area contributed by atoms with Crippen LogP contribution in [0, 0.1) is 40.4 Å². The van der Waals surface area contributed by atoms with Crippen LogP contribution in [0.3, 0.4) is 0 Å². The predicted octanol–water partition coefficient (Wildman–Crippen LogP) is 5.23. The number of carbonyl (C=O) groups is 1. The summed E-state index contributed by atoms with van der Waals surface area (Å²) in [6.07, 6.45) is 12.2. The molecule has 21 heavy (non-hydrogen) atoms. The zero-order valence-corrected chi connectivity index (χ0v) is 14.2. The van der Waals surface area contributed by atoms with E-state index in [1.807, 2.05) is 0 Å². The van der Waals surface area contributed by atoms with Gasteiger partial charge in [0.2, 0.25) is 0 Å². The Hall–Kier alpha value is -0.330. The lowest BCUT2D eigenvalue weighted by molar-refractivity contribution is -0.144. The van der Waals surface area contributed by atoms with Crippen molar-refractivity contribution in [3.63, 3.8) is 0 Å². The fourth-order valence-electron chi connectivity index (χ4n) is 7.40. The molecule has 2 unspecified atom stereocenters. The van der Waals surface area contributed by atoms with Crippen molar-refractivity contribution in [1.82, 2.24) is 0 Å². The van der Waals surface area contributed by atoms with Crippen molar-refractivity contribution >= 4 is 5.78 Å². The number of hydrogen-bond acceptors (Lipinski definition) is 1. The van der Waals surface area contributed by atoms with Crippen LogP contribution in [0.1, 0.15) is 78.6 Å². The van der Waals surface area contributed by atoms with Gasteiger partial charge in [-0.3, -0.25) is 4.79 Å². The molecule has 0 aliphatic heterocycles. The summed E-state index contributed by atoms with van der Waals surface area (Å²) in [5.41, 5.74) is 1.14. The van der Waals surface area contributed by atoms with E-state index < -0.39 is 0 Å². The maximum Gasteiger partial charge on any atom is 0.136 e. The topological polar surface area (TPSA) is 17.1 Å². The van der Waals surface area contributed by atoms with E-state index in [2.05, 4.69) is 20.8 Å². The molecule has 0 N–H and O–H groups in total. The molecule has 7 atom stereocenters. The molecule has 0 radical (unpaired) electrons. The second-order valence-electron chi connectivity index (χ2n) is 9.52. The van der Waals surface area contributed by atoms with Gasteiger partial charge in [-0.25, -0.2) is 0 Å². The molecule has 1 nitrogen and oxygen atoms in total. The van der Waals surface area contributed by atoms with E-state index in [0.29, 0.717) is 28.4 Å². The summed E-state index contributed by atoms with van der Waals surface area (Å²) < 4.78 is 0. The van der Waals surface area contributed by atoms with Crippen molar-refractivity contribution in [2.75, 3.05) is 0 Å². The number of carbonyl (C=O) groups excluding carboxylic acids is 1. The summed E-state index contributed by atoms with van der Waals surface area (Å²) in [6, 6.07) is 0. The Morgan fingerprint density at radius 3 is 2.62 bits per heavy atom. The molecule has 0 heterocycles. The first-order valence-corrected chi connectivity index (χ1v) is 9.47. The third-order valence-electron chi connectivity index (χ3n) is 8.59. The molecular weight excluding hydrogens is 256 g/mol. The molecular formula is C20H32O. The van der Waals surface area contributed by atoms with E-state index in [4.69, 9.17) is 0 Å². The molecule has 0 spiro atoms. The Morgan fingerprint density at radius 2 is 1.81 bits per heavy atom. The Kier molecular flexibility index (Phi) is 3.12. The Balaban J connectivity index is 1.65. The molecule has 0 saturated heterocycles. The van der Waals surface area contributed by atoms with Gasteiger partial charge in [0, 0.05) is 12.3 Å². The second-order valence-corrected chi connectivity index (χ2v) is 9.52. The van der Waals surface area contributed by atoms with E-state index in [9.17, 15) is 4.79 Å². The van der Waals surface area contributed by atoms with E-state index in [1.165, 1.54) is 51.4 Å². The summed E-state index contributed by atoms with van der Waals surface area (Å²) >= 11 is 0. The maximum absolute atomic E-state index is 12.2. The highest BCUT2D eigenvalue weighted by atomic mass is 16.1. The zero-order valence-electron chi connectivity index (χ0n) is 14.2. The molecule has 0 aromatic carbocycles. The SMILES string of the molecule is CC1C[C@@]2(C)C(CC[C@H]3[C@@H]4CCC[C@@]4(C)CC[C@@H]32)CC1=O. The first kappa shape index (κ1) is 14.3. The number of Topliss-reactive ketones (excluding diaryl/α,β-unsaturated/α-hetero) is 1. The van der Waals surface area contributed by atoms with Crippen molar-refractivity contribution in [3.05, 3.63) is 0 Å². The van der Waals surface area contributed by atoms with Gasteiger partial charge in [0.15, 0.2) is 0 Å². The molecule has 1 heteroatoms. The molecule has 0 amide bonds. The highest BCUT2D eigenvalue weighted by Gasteiger charge is 2.58. The van der Waals surface area contributed by atoms with Crippen molar-refractivity contribution in [3.8, 4) is 0 Å². The van der Waals surface area contributed by atoms with Crippen LogP contribution in [-0.2, 0) is 4.79 Å². The van der Waals surface area contributed by atoms with Crippen LogP contribution in [0.2, 0.25) is 0 Å². The Morgan fingerprint density at radius 1 is 1.00 bits per heavy atom. The summed E-state index contributed by atoms with van der Waals surface area (Å²) in [5.74, 6) is 4.48. The number of ketones is 1. The van der Waals surface area contributed by atoms with Gasteiger partial charge in [0.1, 0.15) is 5.78 Å². The third kappa shape index (κ3) is 1.91. The lowest BCUT2D eigenvalue weighted by atomic mass is 9.44. The lowest BCUT2D eigenvalue weighted by Crippen LogP contribution is -2.54. The monoisotopic (exact) mass is 288 g/mol. The van der Waals surface area contributed by atoms with E-state index in [1.54, 1.807) is 0 Å². The standard InChI is InChI=1S/C20H32O/c1-13-12-20(3)14(11-18(13)21)6-7-15-16-5-4-9-19(16,2)10-8-17(15)20/h13-17H,4-12H2,1-3H3/t13?,14?,15-,16-,17-,19-,20-/m0/s1. The largest absolute Gasteiger partial charge is 0.299 e. The van der Waals surface area contributed by atoms with Crippen LogP contribution in [0.15, 0.2) is 0 Å². The molecule has 4 aliphatic carbocycles. The van der Waals surface area contributed by atoms with Crippen LogP contribution in [-0.4, -0.2) is 5.78 Å². The molecule has 4 fully saturated rings. The average molecular weight is 288 g/mol. The molecule has 118 valence electrons. The molecule has 4 aliphatic rings. The fraction of sp³-hybridized carbons (Fsp3) is 0.950. The van der Waals surface area contributed by atoms with Crippen LogP contribution in [0.5, 0.6) is 0 Å². The predicted molar refractivity (Wildman–Crippen MR) is 85.9 cm³/mol. The summed E-state index contributed by atoms with van der Waals surface area (Å²) in [7, 11) is 0. The van der Waals surface area contributed by atoms with Gasteiger partial charge < -0.3 is 0 Å².